The molecule has 0 unspecified atom stereocenters. The molecule has 306 valence electrons. The second kappa shape index (κ2) is 26.4. The van der Waals surface area contributed by atoms with Crippen LogP contribution in [0.2, 0.25) is 0 Å². The van der Waals surface area contributed by atoms with E-state index in [1.54, 1.807) is 0 Å². The summed E-state index contributed by atoms with van der Waals surface area (Å²) in [6.07, 6.45) is 22.3. The Morgan fingerprint density at radius 3 is 0.833 bits per heavy atom. The van der Waals surface area contributed by atoms with E-state index in [0.717, 1.165) is 83.0 Å². The number of aryl methyl sites for hydroxylation is 4. The highest BCUT2D eigenvalue weighted by Gasteiger charge is 2.08. The fraction of sp³-hybridized carbons (Fsp3) is 0.367. The van der Waals surface area contributed by atoms with E-state index in [1.165, 1.54) is 99.3 Å². The van der Waals surface area contributed by atoms with E-state index >= 15 is 0 Å². The van der Waals surface area contributed by atoms with Crippen molar-refractivity contribution >= 4 is 0 Å². The average molecular weight is 787 g/mol. The van der Waals surface area contributed by atoms with Crippen molar-refractivity contribution in [2.75, 3.05) is 0 Å². The molecule has 0 radical (unpaired) electrons. The van der Waals surface area contributed by atoms with Crippen LogP contribution in [0.15, 0.2) is 109 Å². The normalized spacial score (nSPS) is 10.3. The fourth-order valence-corrected chi connectivity index (χ4v) is 7.44. The van der Waals surface area contributed by atoms with Crippen LogP contribution in [0.4, 0.5) is 0 Å². The van der Waals surface area contributed by atoms with Crippen LogP contribution in [0.5, 0.6) is 0 Å². The maximum Gasteiger partial charge on any atom is 0.0284 e. The van der Waals surface area contributed by atoms with Crippen molar-refractivity contribution in [3.63, 3.8) is 0 Å². The molecule has 0 aliphatic heterocycles. The lowest BCUT2D eigenvalue weighted by atomic mass is 9.93. The van der Waals surface area contributed by atoms with E-state index in [0.29, 0.717) is 0 Å². The first-order valence-electron chi connectivity index (χ1n) is 23.2. The molecule has 5 aromatic rings. The molecule has 0 amide bonds. The van der Waals surface area contributed by atoms with Gasteiger partial charge in [0.15, 0.2) is 0 Å². The summed E-state index contributed by atoms with van der Waals surface area (Å²) in [7, 11) is 0. The zero-order valence-corrected chi connectivity index (χ0v) is 37.1. The summed E-state index contributed by atoms with van der Waals surface area (Å²) in [6.45, 7) is 9.00. The lowest BCUT2D eigenvalue weighted by Crippen LogP contribution is -1.98. The SMILES string of the molecule is CCCCCCCCc1ccc(C#Cc2ccc(C#Cc3cc(CCC)c(C#Cc4ccc(C#Cc5ccc(CCCCCCCC)cc5)cc4)cc3CCC)cc2)cc1. The first kappa shape index (κ1) is 45.4. The predicted molar refractivity (Wildman–Crippen MR) is 258 cm³/mol. The first-order valence-corrected chi connectivity index (χ1v) is 23.2. The molecule has 0 atom stereocenters. The maximum atomic E-state index is 3.52. The maximum absolute atomic E-state index is 3.52. The van der Waals surface area contributed by atoms with Crippen LogP contribution in [0.1, 0.15) is 184 Å². The summed E-state index contributed by atoms with van der Waals surface area (Å²) in [5.41, 5.74) is 13.6. The molecule has 0 heterocycles. The third kappa shape index (κ3) is 16.2. The number of unbranched alkanes of at least 4 members (excludes halogenated alkanes) is 10. The molecule has 0 aliphatic rings. The summed E-state index contributed by atoms with van der Waals surface area (Å²) >= 11 is 0. The van der Waals surface area contributed by atoms with Crippen LogP contribution in [0, 0.1) is 47.4 Å². The van der Waals surface area contributed by atoms with Gasteiger partial charge in [-0.15, -0.1) is 0 Å². The molecule has 0 aliphatic carbocycles. The largest absolute Gasteiger partial charge is 0.0654 e. The molecule has 5 rings (SSSR count). The van der Waals surface area contributed by atoms with E-state index in [-0.39, 0.29) is 0 Å². The Morgan fingerprint density at radius 2 is 0.533 bits per heavy atom. The van der Waals surface area contributed by atoms with Crippen molar-refractivity contribution in [2.45, 2.75) is 143 Å². The van der Waals surface area contributed by atoms with Crippen LogP contribution in [0.3, 0.4) is 0 Å². The van der Waals surface area contributed by atoms with Crippen LogP contribution in [-0.4, -0.2) is 0 Å². The van der Waals surface area contributed by atoms with Crippen molar-refractivity contribution in [2.24, 2.45) is 0 Å². The van der Waals surface area contributed by atoms with Gasteiger partial charge in [-0.3, -0.25) is 0 Å². The van der Waals surface area contributed by atoms with Crippen molar-refractivity contribution in [1.82, 2.24) is 0 Å². The second-order valence-corrected chi connectivity index (χ2v) is 16.3. The molecule has 0 nitrogen and oxygen atoms in total. The van der Waals surface area contributed by atoms with Crippen LogP contribution in [-0.2, 0) is 25.7 Å². The quantitative estimate of drug-likeness (QED) is 0.0613. The van der Waals surface area contributed by atoms with Crippen molar-refractivity contribution in [1.29, 1.82) is 0 Å². The van der Waals surface area contributed by atoms with E-state index in [9.17, 15) is 0 Å². The van der Waals surface area contributed by atoms with Crippen LogP contribution in [0.25, 0.3) is 0 Å². The summed E-state index contributed by atoms with van der Waals surface area (Å²) in [5, 5.41) is 0. The van der Waals surface area contributed by atoms with Gasteiger partial charge in [-0.25, -0.2) is 0 Å². The number of rotatable bonds is 18. The monoisotopic (exact) mass is 787 g/mol. The van der Waals surface area contributed by atoms with Gasteiger partial charge in [-0.1, -0.05) is 176 Å². The molecular weight excluding hydrogens is 721 g/mol. The summed E-state index contributed by atoms with van der Waals surface area (Å²) in [6, 6.07) is 38.8. The third-order valence-electron chi connectivity index (χ3n) is 11.1. The van der Waals surface area contributed by atoms with Gasteiger partial charge >= 0.3 is 0 Å². The molecule has 0 saturated heterocycles. The first-order chi connectivity index (χ1) is 29.6. The van der Waals surface area contributed by atoms with Gasteiger partial charge in [0.25, 0.3) is 0 Å². The minimum atomic E-state index is 0.967. The minimum absolute atomic E-state index is 0.967. The highest BCUT2D eigenvalue weighted by Crippen LogP contribution is 2.21. The average Bonchev–Trinajstić information content (AvgIpc) is 3.28. The predicted octanol–water partition coefficient (Wildman–Crippen LogP) is 15.0. The van der Waals surface area contributed by atoms with Crippen molar-refractivity contribution < 1.29 is 0 Å². The zero-order chi connectivity index (χ0) is 42.0. The van der Waals surface area contributed by atoms with Gasteiger partial charge in [0.2, 0.25) is 0 Å². The Bertz CT molecular complexity index is 2120. The van der Waals surface area contributed by atoms with E-state index in [4.69, 9.17) is 0 Å². The van der Waals surface area contributed by atoms with Gasteiger partial charge in [0.05, 0.1) is 0 Å². The molecule has 0 aromatic heterocycles. The number of hydrogen-bond acceptors (Lipinski definition) is 0. The summed E-state index contributed by atoms with van der Waals surface area (Å²) < 4.78 is 0. The van der Waals surface area contributed by atoms with Gasteiger partial charge in [-0.2, -0.15) is 0 Å². The molecular formula is C60H66. The molecule has 60 heavy (non-hydrogen) atoms. The lowest BCUT2D eigenvalue weighted by molar-refractivity contribution is 0.607. The highest BCUT2D eigenvalue weighted by molar-refractivity contribution is 5.56. The molecule has 5 aromatic carbocycles. The Kier molecular flexibility index (Phi) is 20.0. The van der Waals surface area contributed by atoms with Gasteiger partial charge < -0.3 is 0 Å². The summed E-state index contributed by atoms with van der Waals surface area (Å²) in [4.78, 5) is 0. The smallest absolute Gasteiger partial charge is 0.0284 e. The molecule has 0 bridgehead atoms. The fourth-order valence-electron chi connectivity index (χ4n) is 7.44. The van der Waals surface area contributed by atoms with E-state index in [2.05, 4.69) is 184 Å². The molecule has 0 N–H and O–H groups in total. The van der Waals surface area contributed by atoms with Crippen LogP contribution < -0.4 is 0 Å². The Labute approximate surface area is 365 Å². The van der Waals surface area contributed by atoms with E-state index < -0.39 is 0 Å². The van der Waals surface area contributed by atoms with Crippen molar-refractivity contribution in [3.05, 3.63) is 176 Å². The topological polar surface area (TPSA) is 0 Å². The number of hydrogen-bond donors (Lipinski definition) is 0. The van der Waals surface area contributed by atoms with Crippen LogP contribution >= 0.6 is 0 Å². The van der Waals surface area contributed by atoms with Gasteiger partial charge in [0.1, 0.15) is 0 Å². The molecule has 0 saturated carbocycles. The number of benzene rings is 5. The molecule has 0 spiro atoms. The Balaban J connectivity index is 1.19. The molecule has 0 fully saturated rings. The van der Waals surface area contributed by atoms with Gasteiger partial charge in [-0.05, 0) is 146 Å². The Hall–Kier alpha value is -5.66. The second-order valence-electron chi connectivity index (χ2n) is 16.3. The van der Waals surface area contributed by atoms with Crippen molar-refractivity contribution in [3.8, 4) is 47.4 Å². The van der Waals surface area contributed by atoms with E-state index in [1.807, 2.05) is 0 Å². The molecule has 0 heteroatoms. The standard InChI is InChI=1S/C60H66/c1-5-9-11-13-15-17-21-49-23-27-51(28-24-49)31-33-53-35-39-55(40-36-53)43-45-59-47-58(20-8-4)60(48-57(59)19-7-3)46-44-56-41-37-54(38-42-56)34-32-52-29-25-50(26-30-52)22-18-16-14-12-10-6-2/h23-30,35-42,47-48H,5-22H2,1-4H3. The Morgan fingerprint density at radius 1 is 0.267 bits per heavy atom. The minimum Gasteiger partial charge on any atom is -0.0654 e. The lowest BCUT2D eigenvalue weighted by Gasteiger charge is -2.10. The zero-order valence-electron chi connectivity index (χ0n) is 37.1. The highest BCUT2D eigenvalue weighted by atomic mass is 14.1. The van der Waals surface area contributed by atoms with Gasteiger partial charge in [0, 0.05) is 44.5 Å². The summed E-state index contributed by atoms with van der Waals surface area (Å²) in [5.74, 6) is 27.3. The third-order valence-corrected chi connectivity index (χ3v) is 11.1.